The van der Waals surface area contributed by atoms with Crippen LogP contribution in [-0.2, 0) is 9.90 Å². The zero-order valence-corrected chi connectivity index (χ0v) is 4.07. The second kappa shape index (κ2) is 3.03. The van der Waals surface area contributed by atoms with Crippen molar-refractivity contribution in [2.75, 3.05) is 5.75 Å². The Morgan fingerprint density at radius 2 is 2.17 bits per heavy atom. The minimum Gasteiger partial charge on any atom is -0.247 e. The number of thiol groups is 1. The molecule has 0 amide bonds. The molecule has 0 aliphatic carbocycles. The van der Waals surface area contributed by atoms with Gasteiger partial charge in [0.1, 0.15) is 0 Å². The van der Waals surface area contributed by atoms with Crippen LogP contribution in [0.25, 0.3) is 0 Å². The van der Waals surface area contributed by atoms with E-state index in [1.165, 1.54) is 0 Å². The topological polar surface area (TPSA) is 37.0 Å². The number of hydrogen-bond acceptors (Lipinski definition) is 2. The third kappa shape index (κ3) is 3.82. The molecular formula is C3H5O2S. The third-order valence-electron chi connectivity index (χ3n) is 0.316. The van der Waals surface area contributed by atoms with Crippen LogP contribution in [0.2, 0.25) is 0 Å². The maximum Gasteiger partial charge on any atom is 0.356 e. The Hall–Kier alpha value is -0.180. The van der Waals surface area contributed by atoms with Crippen LogP contribution >= 0.6 is 12.6 Å². The maximum absolute atomic E-state index is 9.44. The van der Waals surface area contributed by atoms with Crippen molar-refractivity contribution in [3.8, 4) is 0 Å². The molecule has 0 bridgehead atoms. The van der Waals surface area contributed by atoms with E-state index >= 15 is 0 Å². The van der Waals surface area contributed by atoms with Crippen molar-refractivity contribution in [1.29, 1.82) is 0 Å². The van der Waals surface area contributed by atoms with Gasteiger partial charge in [0.15, 0.2) is 0 Å². The molecule has 0 aliphatic heterocycles. The van der Waals surface area contributed by atoms with Crippen molar-refractivity contribution in [1.82, 2.24) is 0 Å². The highest BCUT2D eigenvalue weighted by Crippen LogP contribution is 1.80. The molecule has 2 nitrogen and oxygen atoms in total. The highest BCUT2D eigenvalue weighted by atomic mass is 32.1. The van der Waals surface area contributed by atoms with Crippen LogP contribution in [0.15, 0.2) is 0 Å². The van der Waals surface area contributed by atoms with E-state index in [1.54, 1.807) is 0 Å². The van der Waals surface area contributed by atoms with Crippen molar-refractivity contribution in [2.24, 2.45) is 0 Å². The van der Waals surface area contributed by atoms with Gasteiger partial charge in [-0.3, -0.25) is 0 Å². The standard InChI is InChI=1S/C3H5O2S/c4-3(5)1-2-6/h6H,1-2H2. The smallest absolute Gasteiger partial charge is 0.247 e. The predicted molar refractivity (Wildman–Crippen MR) is 24.2 cm³/mol. The monoisotopic (exact) mass is 105 g/mol. The molecule has 0 aromatic heterocycles. The Balaban J connectivity index is 2.83. The average Bonchev–Trinajstić information content (AvgIpc) is 1.35. The van der Waals surface area contributed by atoms with Gasteiger partial charge in [0.05, 0.1) is 6.42 Å². The molecule has 0 N–H and O–H groups in total. The molecular weight excluding hydrogens is 100 g/mol. The summed E-state index contributed by atoms with van der Waals surface area (Å²) >= 11 is 3.64. The number of carbonyl (C=O) groups is 1. The summed E-state index contributed by atoms with van der Waals surface area (Å²) in [4.78, 5) is 9.44. The Labute approximate surface area is 41.6 Å². The van der Waals surface area contributed by atoms with Crippen molar-refractivity contribution in [2.45, 2.75) is 6.42 Å². The molecule has 6 heavy (non-hydrogen) atoms. The third-order valence-corrected chi connectivity index (χ3v) is 0.540. The largest absolute Gasteiger partial charge is 0.356 e. The van der Waals surface area contributed by atoms with Gasteiger partial charge in [-0.2, -0.15) is 12.6 Å². The van der Waals surface area contributed by atoms with Gasteiger partial charge in [-0.25, -0.2) is 9.90 Å². The van der Waals surface area contributed by atoms with Crippen LogP contribution in [0.3, 0.4) is 0 Å². The first-order valence-electron chi connectivity index (χ1n) is 1.58. The van der Waals surface area contributed by atoms with Crippen molar-refractivity contribution in [3.63, 3.8) is 0 Å². The fraction of sp³-hybridized carbons (Fsp3) is 0.667. The molecule has 0 atom stereocenters. The lowest BCUT2D eigenvalue weighted by Crippen LogP contribution is -1.90. The first kappa shape index (κ1) is 5.82. The highest BCUT2D eigenvalue weighted by Gasteiger charge is 1.92. The van der Waals surface area contributed by atoms with E-state index in [1.807, 2.05) is 0 Å². The van der Waals surface area contributed by atoms with E-state index in [2.05, 4.69) is 12.6 Å². The van der Waals surface area contributed by atoms with Gasteiger partial charge in [-0.05, 0) is 0 Å². The number of hydrogen-bond donors (Lipinski definition) is 1. The van der Waals surface area contributed by atoms with E-state index in [-0.39, 0.29) is 6.42 Å². The highest BCUT2D eigenvalue weighted by molar-refractivity contribution is 7.80. The first-order chi connectivity index (χ1) is 2.77. The van der Waals surface area contributed by atoms with Crippen molar-refractivity contribution < 1.29 is 9.90 Å². The quantitative estimate of drug-likeness (QED) is 0.502. The molecule has 0 saturated heterocycles. The van der Waals surface area contributed by atoms with Crippen molar-refractivity contribution in [3.05, 3.63) is 0 Å². The summed E-state index contributed by atoms with van der Waals surface area (Å²) in [6.45, 7) is 0. The lowest BCUT2D eigenvalue weighted by Gasteiger charge is -1.75. The molecule has 1 radical (unpaired) electrons. The van der Waals surface area contributed by atoms with E-state index in [0.29, 0.717) is 5.75 Å². The van der Waals surface area contributed by atoms with Crippen molar-refractivity contribution >= 4 is 18.6 Å². The van der Waals surface area contributed by atoms with Gasteiger partial charge in [-0.1, -0.05) is 0 Å². The minimum atomic E-state index is -1.04. The summed E-state index contributed by atoms with van der Waals surface area (Å²) in [5.74, 6) is -0.674. The van der Waals surface area contributed by atoms with E-state index in [0.717, 1.165) is 0 Å². The van der Waals surface area contributed by atoms with Gasteiger partial charge >= 0.3 is 5.97 Å². The molecule has 0 rings (SSSR count). The second-order valence-electron chi connectivity index (χ2n) is 0.846. The lowest BCUT2D eigenvalue weighted by atomic mass is 10.5. The minimum absolute atomic E-state index is 0.0448. The summed E-state index contributed by atoms with van der Waals surface area (Å²) in [7, 11) is 0. The molecule has 0 aliphatic rings. The summed E-state index contributed by atoms with van der Waals surface area (Å²) < 4.78 is 0. The van der Waals surface area contributed by atoms with Gasteiger partial charge in [0.2, 0.25) is 0 Å². The summed E-state index contributed by atoms with van der Waals surface area (Å²) in [6.07, 6.45) is 0.0448. The number of rotatable bonds is 2. The molecule has 0 saturated carbocycles. The Morgan fingerprint density at radius 3 is 2.17 bits per heavy atom. The SMILES string of the molecule is [O]C(=O)CCS. The predicted octanol–water partition coefficient (Wildman–Crippen LogP) is 0.263. The normalized spacial score (nSPS) is 8.17. The van der Waals surface area contributed by atoms with Crippen LogP contribution in [-0.4, -0.2) is 11.7 Å². The average molecular weight is 105 g/mol. The van der Waals surface area contributed by atoms with Crippen LogP contribution in [0.5, 0.6) is 0 Å². The molecule has 0 unspecified atom stereocenters. The van der Waals surface area contributed by atoms with Gasteiger partial charge < -0.3 is 0 Å². The molecule has 0 fully saturated rings. The van der Waals surface area contributed by atoms with Gasteiger partial charge in [0.25, 0.3) is 0 Å². The Bertz CT molecular complexity index is 52.8. The molecule has 3 heteroatoms. The molecule has 0 aromatic carbocycles. The maximum atomic E-state index is 9.44. The van der Waals surface area contributed by atoms with E-state index in [4.69, 9.17) is 0 Å². The number of carbonyl (C=O) groups excluding carboxylic acids is 1. The molecule has 35 valence electrons. The molecule has 0 heterocycles. The first-order valence-corrected chi connectivity index (χ1v) is 2.21. The second-order valence-corrected chi connectivity index (χ2v) is 1.29. The fourth-order valence-corrected chi connectivity index (χ4v) is 0.274. The van der Waals surface area contributed by atoms with Crippen LogP contribution < -0.4 is 0 Å². The Kier molecular flexibility index (Phi) is 2.94. The van der Waals surface area contributed by atoms with Gasteiger partial charge in [0, 0.05) is 5.75 Å². The zero-order chi connectivity index (χ0) is 4.99. The lowest BCUT2D eigenvalue weighted by molar-refractivity contribution is -0.142. The molecule has 0 spiro atoms. The van der Waals surface area contributed by atoms with Crippen LogP contribution in [0.4, 0.5) is 0 Å². The van der Waals surface area contributed by atoms with Crippen LogP contribution in [0.1, 0.15) is 6.42 Å². The van der Waals surface area contributed by atoms with E-state index < -0.39 is 5.97 Å². The zero-order valence-electron chi connectivity index (χ0n) is 3.18. The Morgan fingerprint density at radius 1 is 1.67 bits per heavy atom. The van der Waals surface area contributed by atoms with Gasteiger partial charge in [-0.15, -0.1) is 0 Å². The van der Waals surface area contributed by atoms with Crippen LogP contribution in [0, 0.1) is 0 Å². The summed E-state index contributed by atoms with van der Waals surface area (Å²) in [5.41, 5.74) is 0. The molecule has 0 aromatic rings. The summed E-state index contributed by atoms with van der Waals surface area (Å²) in [6, 6.07) is 0. The summed E-state index contributed by atoms with van der Waals surface area (Å²) in [5, 5.41) is 9.44. The fourth-order valence-electron chi connectivity index (χ4n) is 0.0913. The van der Waals surface area contributed by atoms with E-state index in [9.17, 15) is 9.90 Å².